The Hall–Kier alpha value is -1.21. The van der Waals surface area contributed by atoms with E-state index in [4.69, 9.17) is 11.0 Å². The van der Waals surface area contributed by atoms with Gasteiger partial charge >= 0.3 is 0 Å². The second-order valence-corrected chi connectivity index (χ2v) is 3.85. The second-order valence-electron chi connectivity index (χ2n) is 2.82. The summed E-state index contributed by atoms with van der Waals surface area (Å²) >= 11 is 1.48. The molecule has 3 nitrogen and oxygen atoms in total. The lowest BCUT2D eigenvalue weighted by Crippen LogP contribution is -2.36. The van der Waals surface area contributed by atoms with Crippen LogP contribution in [0.1, 0.15) is 11.3 Å². The number of nitrogens with two attached hydrogens (primary N) is 1. The summed E-state index contributed by atoms with van der Waals surface area (Å²) in [5, 5.41) is 9.80. The van der Waals surface area contributed by atoms with Crippen molar-refractivity contribution in [2.75, 3.05) is 23.7 Å². The molecule has 2 N–H and O–H groups in total. The van der Waals surface area contributed by atoms with Crippen LogP contribution in [0.4, 0.5) is 10.7 Å². The lowest BCUT2D eigenvalue weighted by molar-refractivity contribution is 0.623. The largest absolute Gasteiger partial charge is 0.397 e. The Morgan fingerprint density at radius 3 is 2.75 bits per heavy atom. The highest BCUT2D eigenvalue weighted by Crippen LogP contribution is 2.33. The summed E-state index contributed by atoms with van der Waals surface area (Å²) in [5.41, 5.74) is 6.24. The predicted molar refractivity (Wildman–Crippen MR) is 50.3 cm³/mol. The van der Waals surface area contributed by atoms with E-state index in [9.17, 15) is 0 Å². The van der Waals surface area contributed by atoms with Crippen molar-refractivity contribution in [1.82, 2.24) is 0 Å². The van der Waals surface area contributed by atoms with Crippen LogP contribution in [0, 0.1) is 11.3 Å². The Morgan fingerprint density at radius 1 is 1.58 bits per heavy atom. The standard InChI is InChI=1S/C8H9N3S/c9-5-7-6(10)4-8(12-7)11-2-1-3-11/h4H,1-3,10H2. The number of rotatable bonds is 1. The van der Waals surface area contributed by atoms with Gasteiger partial charge in [0.2, 0.25) is 0 Å². The van der Waals surface area contributed by atoms with Gasteiger partial charge in [-0.05, 0) is 12.5 Å². The molecule has 0 atom stereocenters. The highest BCUT2D eigenvalue weighted by Gasteiger charge is 2.17. The number of nitrogen functional groups attached to an aromatic ring is 1. The van der Waals surface area contributed by atoms with E-state index in [-0.39, 0.29) is 0 Å². The van der Waals surface area contributed by atoms with Crippen molar-refractivity contribution in [2.45, 2.75) is 6.42 Å². The third kappa shape index (κ3) is 1.03. The molecule has 12 heavy (non-hydrogen) atoms. The van der Waals surface area contributed by atoms with Crippen LogP contribution in [0.5, 0.6) is 0 Å². The third-order valence-corrected chi connectivity index (χ3v) is 3.13. The van der Waals surface area contributed by atoms with Gasteiger partial charge in [0.25, 0.3) is 0 Å². The van der Waals surface area contributed by atoms with Gasteiger partial charge < -0.3 is 10.6 Å². The van der Waals surface area contributed by atoms with Crippen LogP contribution < -0.4 is 10.6 Å². The minimum Gasteiger partial charge on any atom is -0.397 e. The molecule has 1 aromatic rings. The van der Waals surface area contributed by atoms with Gasteiger partial charge in [0.1, 0.15) is 10.9 Å². The quantitative estimate of drug-likeness (QED) is 0.709. The van der Waals surface area contributed by atoms with Gasteiger partial charge in [0, 0.05) is 13.1 Å². The van der Waals surface area contributed by atoms with E-state index < -0.39 is 0 Å². The average Bonchev–Trinajstić information content (AvgIpc) is 2.27. The Kier molecular flexibility index (Phi) is 1.66. The molecular weight excluding hydrogens is 170 g/mol. The first-order valence-corrected chi connectivity index (χ1v) is 4.67. The Bertz CT molecular complexity index is 333. The van der Waals surface area contributed by atoms with Crippen molar-refractivity contribution in [1.29, 1.82) is 5.26 Å². The monoisotopic (exact) mass is 179 g/mol. The van der Waals surface area contributed by atoms with E-state index in [0.29, 0.717) is 10.6 Å². The molecule has 0 saturated carbocycles. The van der Waals surface area contributed by atoms with Crippen molar-refractivity contribution < 1.29 is 0 Å². The number of nitriles is 1. The number of hydrogen-bond donors (Lipinski definition) is 1. The van der Waals surface area contributed by atoms with Crippen LogP contribution in [-0.2, 0) is 0 Å². The van der Waals surface area contributed by atoms with Crippen molar-refractivity contribution in [3.8, 4) is 6.07 Å². The van der Waals surface area contributed by atoms with Gasteiger partial charge in [-0.1, -0.05) is 0 Å². The summed E-state index contributed by atoms with van der Waals surface area (Å²) in [5.74, 6) is 0. The topological polar surface area (TPSA) is 53.0 Å². The van der Waals surface area contributed by atoms with Gasteiger partial charge in [-0.2, -0.15) is 5.26 Å². The van der Waals surface area contributed by atoms with Gasteiger partial charge in [-0.25, -0.2) is 0 Å². The van der Waals surface area contributed by atoms with E-state index in [1.807, 2.05) is 6.07 Å². The summed E-state index contributed by atoms with van der Waals surface area (Å²) in [7, 11) is 0. The minimum absolute atomic E-state index is 0.615. The second kappa shape index (κ2) is 2.68. The fraction of sp³-hybridized carbons (Fsp3) is 0.375. The SMILES string of the molecule is N#Cc1sc(N2CCC2)cc1N. The van der Waals surface area contributed by atoms with Gasteiger partial charge in [0.15, 0.2) is 0 Å². The van der Waals surface area contributed by atoms with Crippen LogP contribution in [0.15, 0.2) is 6.07 Å². The summed E-state index contributed by atoms with van der Waals surface area (Å²) in [6.07, 6.45) is 1.25. The van der Waals surface area contributed by atoms with E-state index in [2.05, 4.69) is 11.0 Å². The molecule has 4 heteroatoms. The van der Waals surface area contributed by atoms with E-state index >= 15 is 0 Å². The molecule has 0 spiro atoms. The molecule has 0 aromatic carbocycles. The van der Waals surface area contributed by atoms with Gasteiger partial charge in [-0.3, -0.25) is 0 Å². The molecule has 1 aliphatic rings. The summed E-state index contributed by atoms with van der Waals surface area (Å²) in [6.45, 7) is 2.20. The summed E-state index contributed by atoms with van der Waals surface area (Å²) in [6, 6.07) is 3.98. The fourth-order valence-electron chi connectivity index (χ4n) is 1.17. The smallest absolute Gasteiger partial charge is 0.129 e. The zero-order valence-electron chi connectivity index (χ0n) is 6.58. The molecule has 1 aromatic heterocycles. The Morgan fingerprint density at radius 2 is 2.33 bits per heavy atom. The molecule has 0 aliphatic carbocycles. The molecular formula is C8H9N3S. The molecule has 0 unspecified atom stereocenters. The summed E-state index contributed by atoms with van der Waals surface area (Å²) in [4.78, 5) is 2.87. The van der Waals surface area contributed by atoms with Crippen LogP contribution >= 0.6 is 11.3 Å². The normalized spacial score (nSPS) is 15.4. The maximum absolute atomic E-state index is 8.67. The van der Waals surface area contributed by atoms with Crippen LogP contribution in [0.2, 0.25) is 0 Å². The lowest BCUT2D eigenvalue weighted by Gasteiger charge is -2.31. The number of hydrogen-bond acceptors (Lipinski definition) is 4. The first-order chi connectivity index (χ1) is 5.81. The third-order valence-electron chi connectivity index (χ3n) is 2.02. The lowest BCUT2D eigenvalue weighted by atomic mass is 10.2. The molecule has 1 fully saturated rings. The highest BCUT2D eigenvalue weighted by atomic mass is 32.1. The molecule has 1 saturated heterocycles. The molecule has 2 rings (SSSR count). The first-order valence-electron chi connectivity index (χ1n) is 3.85. The number of nitrogens with zero attached hydrogens (tertiary/aromatic N) is 2. The van der Waals surface area contributed by atoms with Crippen LogP contribution in [-0.4, -0.2) is 13.1 Å². The van der Waals surface area contributed by atoms with Crippen LogP contribution in [0.3, 0.4) is 0 Å². The van der Waals surface area contributed by atoms with Crippen molar-refractivity contribution in [2.24, 2.45) is 0 Å². The average molecular weight is 179 g/mol. The molecule has 0 bridgehead atoms. The zero-order valence-corrected chi connectivity index (χ0v) is 7.40. The van der Waals surface area contributed by atoms with E-state index in [0.717, 1.165) is 18.1 Å². The molecule has 0 radical (unpaired) electrons. The first kappa shape index (κ1) is 7.44. The fourth-order valence-corrected chi connectivity index (χ4v) is 2.10. The predicted octanol–water partition coefficient (Wildman–Crippen LogP) is 1.41. The summed E-state index contributed by atoms with van der Waals surface area (Å²) < 4.78 is 0. The number of anilines is 2. The van der Waals surface area contributed by atoms with Crippen molar-refractivity contribution >= 4 is 22.0 Å². The molecule has 62 valence electrons. The maximum atomic E-state index is 8.67. The minimum atomic E-state index is 0.615. The van der Waals surface area contributed by atoms with Gasteiger partial charge in [0.05, 0.1) is 10.7 Å². The highest BCUT2D eigenvalue weighted by molar-refractivity contribution is 7.17. The zero-order chi connectivity index (χ0) is 8.55. The Labute approximate surface area is 75.0 Å². The maximum Gasteiger partial charge on any atom is 0.129 e. The Balaban J connectivity index is 2.28. The van der Waals surface area contributed by atoms with E-state index in [1.165, 1.54) is 17.8 Å². The van der Waals surface area contributed by atoms with Crippen LogP contribution in [0.25, 0.3) is 0 Å². The van der Waals surface area contributed by atoms with Crippen molar-refractivity contribution in [3.05, 3.63) is 10.9 Å². The van der Waals surface area contributed by atoms with Gasteiger partial charge in [-0.15, -0.1) is 11.3 Å². The van der Waals surface area contributed by atoms with E-state index in [1.54, 1.807) is 0 Å². The molecule has 2 heterocycles. The number of thiophene rings is 1. The van der Waals surface area contributed by atoms with Crippen molar-refractivity contribution in [3.63, 3.8) is 0 Å². The molecule has 1 aliphatic heterocycles. The molecule has 0 amide bonds.